The maximum absolute atomic E-state index is 12.9. The van der Waals surface area contributed by atoms with Crippen LogP contribution >= 0.6 is 23.1 Å². The predicted molar refractivity (Wildman–Crippen MR) is 124 cm³/mol. The summed E-state index contributed by atoms with van der Waals surface area (Å²) in [5.41, 5.74) is 6.35. The van der Waals surface area contributed by atoms with Crippen molar-refractivity contribution in [2.75, 3.05) is 11.5 Å². The topological polar surface area (TPSA) is 201 Å². The number of amides is 2. The lowest BCUT2D eigenvalue weighted by molar-refractivity contribution is -0.689. The second-order valence-electron chi connectivity index (χ2n) is 7.64. The van der Waals surface area contributed by atoms with Crippen molar-refractivity contribution in [3.8, 4) is 11.5 Å². The van der Waals surface area contributed by atoms with Crippen molar-refractivity contribution in [2.45, 2.75) is 18.0 Å². The van der Waals surface area contributed by atoms with E-state index < -0.39 is 34.9 Å². The molecule has 0 saturated carbocycles. The average molecular weight is 530 g/mol. The molecule has 3 aromatic rings. The Morgan fingerprint density at radius 1 is 1.36 bits per heavy atom. The standard InChI is InChI=1S/C20H16N8O6S2/c21-20-23-11(7-36-20)12(26-33)15(29)24-13-17(30)28-14(19(31)32)10(6-35-18(13)28)5-27-3-1-9(2-4-27)16-25-22-8-34-16/h1-4,7-8,13,18H,5-6H2,(H4-,21,23,24,29,31,32,33)/p+1/t13-,18-/m1/s1. The number of thiazole rings is 1. The summed E-state index contributed by atoms with van der Waals surface area (Å²) in [6.45, 7) is 0.235. The summed E-state index contributed by atoms with van der Waals surface area (Å²) in [7, 11) is 0. The number of oxime groups is 1. The van der Waals surface area contributed by atoms with Gasteiger partial charge in [-0.25, -0.2) is 14.3 Å². The van der Waals surface area contributed by atoms with Gasteiger partial charge in [-0.1, -0.05) is 5.16 Å². The molecule has 0 aromatic carbocycles. The third-order valence-corrected chi connectivity index (χ3v) is 7.50. The van der Waals surface area contributed by atoms with Gasteiger partial charge in [0.2, 0.25) is 12.3 Å². The smallest absolute Gasteiger partial charge is 0.352 e. The summed E-state index contributed by atoms with van der Waals surface area (Å²) < 4.78 is 6.93. The van der Waals surface area contributed by atoms with E-state index >= 15 is 0 Å². The van der Waals surface area contributed by atoms with Crippen LogP contribution in [0.2, 0.25) is 0 Å². The van der Waals surface area contributed by atoms with Crippen molar-refractivity contribution < 1.29 is 33.7 Å². The van der Waals surface area contributed by atoms with Crippen LogP contribution < -0.4 is 15.6 Å². The minimum absolute atomic E-state index is 0.0629. The molecule has 5 heterocycles. The number of aliphatic carboxylic acids is 1. The van der Waals surface area contributed by atoms with Gasteiger partial charge in [0.25, 0.3) is 11.8 Å². The molecule has 0 radical (unpaired) electrons. The molecule has 0 aliphatic carbocycles. The summed E-state index contributed by atoms with van der Waals surface area (Å²) in [5, 5.41) is 33.1. The first-order chi connectivity index (χ1) is 17.4. The van der Waals surface area contributed by atoms with E-state index in [1.807, 2.05) is 0 Å². The molecule has 2 amide bonds. The number of nitrogens with zero attached hydrogens (tertiary/aromatic N) is 6. The zero-order valence-electron chi connectivity index (χ0n) is 18.1. The highest BCUT2D eigenvalue weighted by atomic mass is 32.2. The first-order valence-electron chi connectivity index (χ1n) is 10.3. The number of carbonyl (C=O) groups is 3. The number of rotatable bonds is 7. The number of nitrogen functional groups attached to an aromatic ring is 1. The van der Waals surface area contributed by atoms with Gasteiger partial charge in [-0.15, -0.1) is 33.3 Å². The Kier molecular flexibility index (Phi) is 6.11. The lowest BCUT2D eigenvalue weighted by Gasteiger charge is -2.49. The Bertz CT molecular complexity index is 1400. The van der Waals surface area contributed by atoms with Crippen LogP contribution in [-0.2, 0) is 20.9 Å². The molecule has 5 N–H and O–H groups in total. The van der Waals surface area contributed by atoms with Crippen molar-refractivity contribution >= 4 is 51.7 Å². The summed E-state index contributed by atoms with van der Waals surface area (Å²) >= 11 is 2.38. The molecule has 1 saturated heterocycles. The number of nitrogens with one attached hydrogen (secondary N) is 1. The number of anilines is 1. The minimum Gasteiger partial charge on any atom is -0.477 e. The predicted octanol–water partition coefficient (Wildman–Crippen LogP) is -0.320. The Labute approximate surface area is 210 Å². The Hall–Kier alpha value is -4.31. The average Bonchev–Trinajstić information content (AvgIpc) is 3.55. The fraction of sp³-hybridized carbons (Fsp3) is 0.200. The molecule has 16 heteroatoms. The monoisotopic (exact) mass is 529 g/mol. The lowest BCUT2D eigenvalue weighted by atomic mass is 10.0. The van der Waals surface area contributed by atoms with E-state index in [4.69, 9.17) is 10.2 Å². The zero-order chi connectivity index (χ0) is 25.4. The first-order valence-corrected chi connectivity index (χ1v) is 12.2. The molecule has 0 unspecified atom stereocenters. The van der Waals surface area contributed by atoms with E-state index in [0.717, 1.165) is 11.3 Å². The van der Waals surface area contributed by atoms with Crippen LogP contribution in [0.1, 0.15) is 5.69 Å². The molecule has 2 aliphatic heterocycles. The molecule has 1 fully saturated rings. The van der Waals surface area contributed by atoms with Crippen LogP contribution in [0.15, 0.2) is 57.1 Å². The molecule has 36 heavy (non-hydrogen) atoms. The minimum atomic E-state index is -1.24. The van der Waals surface area contributed by atoms with E-state index in [1.165, 1.54) is 28.4 Å². The highest BCUT2D eigenvalue weighted by Gasteiger charge is 2.54. The highest BCUT2D eigenvalue weighted by Crippen LogP contribution is 2.40. The molecule has 0 bridgehead atoms. The number of β-lactam (4-membered cyclic amide) rings is 1. The summed E-state index contributed by atoms with van der Waals surface area (Å²) in [6, 6.07) is 2.51. The number of nitrogens with two attached hydrogens (primary N) is 1. The van der Waals surface area contributed by atoms with Gasteiger partial charge in [0.1, 0.15) is 22.8 Å². The van der Waals surface area contributed by atoms with Crippen molar-refractivity contribution in [3.63, 3.8) is 0 Å². The van der Waals surface area contributed by atoms with Crippen molar-refractivity contribution in [2.24, 2.45) is 5.16 Å². The summed E-state index contributed by atoms with van der Waals surface area (Å²) in [6.07, 6.45) is 4.71. The maximum atomic E-state index is 12.9. The maximum Gasteiger partial charge on any atom is 0.352 e. The Morgan fingerprint density at radius 2 is 2.14 bits per heavy atom. The van der Waals surface area contributed by atoms with Gasteiger partial charge in [-0.2, -0.15) is 0 Å². The third kappa shape index (κ3) is 4.16. The van der Waals surface area contributed by atoms with Gasteiger partial charge in [0.05, 0.1) is 5.56 Å². The number of pyridine rings is 1. The SMILES string of the molecule is Nc1nc(/C(=N/O)C(=O)N[C@@H]2C(=O)N3C(C(=O)O)=C(C[n+]4ccc(-c5nnco5)cc4)CS[C@H]23)cs1. The number of thioether (sulfide) groups is 1. The number of hydrogen-bond donors (Lipinski definition) is 4. The molecule has 5 rings (SSSR count). The molecular formula is C20H17N8O6S2+. The molecule has 14 nitrogen and oxygen atoms in total. The van der Waals surface area contributed by atoms with Crippen molar-refractivity contribution in [1.82, 2.24) is 25.4 Å². The fourth-order valence-corrected chi connectivity index (χ4v) is 5.73. The van der Waals surface area contributed by atoms with E-state index in [9.17, 15) is 24.7 Å². The molecule has 0 spiro atoms. The fourth-order valence-electron chi connectivity index (χ4n) is 3.85. The number of carbonyl (C=O) groups excluding carboxylic acids is 2. The summed E-state index contributed by atoms with van der Waals surface area (Å²) in [5.74, 6) is -1.97. The quantitative estimate of drug-likeness (QED) is 0.103. The zero-order valence-corrected chi connectivity index (χ0v) is 19.8. The molecular weight excluding hydrogens is 512 g/mol. The van der Waals surface area contributed by atoms with Crippen LogP contribution in [-0.4, -0.2) is 71.1 Å². The van der Waals surface area contributed by atoms with Crippen molar-refractivity contribution in [3.05, 3.63) is 53.3 Å². The second-order valence-corrected chi connectivity index (χ2v) is 9.64. The number of carboxylic acids is 1. The summed E-state index contributed by atoms with van der Waals surface area (Å²) in [4.78, 5) is 42.7. The number of carboxylic acid groups (broad SMARTS) is 1. The largest absolute Gasteiger partial charge is 0.477 e. The van der Waals surface area contributed by atoms with E-state index in [1.54, 1.807) is 29.1 Å². The van der Waals surface area contributed by atoms with Crippen LogP contribution in [0.5, 0.6) is 0 Å². The van der Waals surface area contributed by atoms with E-state index in [-0.39, 0.29) is 23.1 Å². The van der Waals surface area contributed by atoms with E-state index in [2.05, 4.69) is 25.7 Å². The van der Waals surface area contributed by atoms with Gasteiger partial charge in [-0.05, 0) is 0 Å². The number of aromatic nitrogens is 4. The Morgan fingerprint density at radius 3 is 2.75 bits per heavy atom. The van der Waals surface area contributed by atoms with Gasteiger partial charge in [0.15, 0.2) is 29.8 Å². The normalized spacial score (nSPS) is 19.6. The van der Waals surface area contributed by atoms with Crippen LogP contribution in [0.4, 0.5) is 5.13 Å². The highest BCUT2D eigenvalue weighted by molar-refractivity contribution is 8.00. The first kappa shape index (κ1) is 23.4. The van der Waals surface area contributed by atoms with Gasteiger partial charge >= 0.3 is 5.97 Å². The van der Waals surface area contributed by atoms with Crippen LogP contribution in [0.25, 0.3) is 11.5 Å². The second kappa shape index (κ2) is 9.38. The number of fused-ring (bicyclic) bond motifs is 1. The van der Waals surface area contributed by atoms with Gasteiger partial charge in [-0.3, -0.25) is 14.5 Å². The van der Waals surface area contributed by atoms with Gasteiger partial charge < -0.3 is 25.8 Å². The van der Waals surface area contributed by atoms with Crippen LogP contribution in [0, 0.1) is 0 Å². The Balaban J connectivity index is 1.32. The van der Waals surface area contributed by atoms with Gasteiger partial charge in [0, 0.05) is 28.8 Å². The lowest BCUT2D eigenvalue weighted by Crippen LogP contribution is -2.71. The van der Waals surface area contributed by atoms with E-state index in [0.29, 0.717) is 22.8 Å². The van der Waals surface area contributed by atoms with Crippen molar-refractivity contribution in [1.29, 1.82) is 0 Å². The molecule has 2 aliphatic rings. The van der Waals surface area contributed by atoms with Crippen LogP contribution in [0.3, 0.4) is 0 Å². The molecule has 2 atom stereocenters. The molecule has 184 valence electrons. The third-order valence-electron chi connectivity index (χ3n) is 5.49. The number of hydrogen-bond acceptors (Lipinski definition) is 12. The molecule has 3 aromatic heterocycles.